The number of aromatic nitrogens is 2. The summed E-state index contributed by atoms with van der Waals surface area (Å²) in [6, 6.07) is 0.600. The molecule has 2 heterocycles. The van der Waals surface area contributed by atoms with Crippen LogP contribution in [0.2, 0.25) is 0 Å². The maximum absolute atomic E-state index is 4.44. The van der Waals surface area contributed by atoms with Gasteiger partial charge in [-0.3, -0.25) is 0 Å². The fourth-order valence-electron chi connectivity index (χ4n) is 2.16. The summed E-state index contributed by atoms with van der Waals surface area (Å²) in [7, 11) is 2.14. The van der Waals surface area contributed by atoms with Crippen LogP contribution in [0.15, 0.2) is 12.4 Å². The van der Waals surface area contributed by atoms with E-state index < -0.39 is 0 Å². The molecule has 1 aromatic rings. The molecule has 1 unspecified atom stereocenters. The molecule has 0 spiro atoms. The average Bonchev–Trinajstić information content (AvgIpc) is 2.87. The lowest BCUT2D eigenvalue weighted by atomic mass is 10.2. The molecule has 1 saturated heterocycles. The summed E-state index contributed by atoms with van der Waals surface area (Å²) in [6.07, 6.45) is 6.33. The first kappa shape index (κ1) is 10.5. The molecule has 1 N–H and O–H groups in total. The second kappa shape index (κ2) is 4.66. The average molecular weight is 208 g/mol. The highest BCUT2D eigenvalue weighted by Gasteiger charge is 2.21. The van der Waals surface area contributed by atoms with Crippen molar-refractivity contribution in [3.05, 3.63) is 12.4 Å². The van der Waals surface area contributed by atoms with Crippen LogP contribution in [-0.4, -0.2) is 35.7 Å². The molecule has 2 rings (SSSR count). The zero-order valence-electron chi connectivity index (χ0n) is 9.61. The molecular weight excluding hydrogens is 188 g/mol. The summed E-state index contributed by atoms with van der Waals surface area (Å²) in [5, 5.41) is 3.39. The summed E-state index contributed by atoms with van der Waals surface area (Å²) in [4.78, 5) is 6.74. The van der Waals surface area contributed by atoms with Gasteiger partial charge in [-0.05, 0) is 19.4 Å². The van der Waals surface area contributed by atoms with E-state index in [2.05, 4.69) is 39.9 Å². The van der Waals surface area contributed by atoms with Gasteiger partial charge in [0.2, 0.25) is 5.95 Å². The molecule has 4 nitrogen and oxygen atoms in total. The van der Waals surface area contributed by atoms with E-state index in [4.69, 9.17) is 0 Å². The quantitative estimate of drug-likeness (QED) is 0.804. The lowest BCUT2D eigenvalue weighted by Crippen LogP contribution is -2.35. The van der Waals surface area contributed by atoms with Gasteiger partial charge in [-0.25, -0.2) is 4.98 Å². The number of nitrogens with zero attached hydrogens (tertiary/aromatic N) is 3. The topological polar surface area (TPSA) is 33.1 Å². The van der Waals surface area contributed by atoms with Gasteiger partial charge in [0.05, 0.1) is 0 Å². The van der Waals surface area contributed by atoms with Crippen molar-refractivity contribution < 1.29 is 0 Å². The lowest BCUT2D eigenvalue weighted by molar-refractivity contribution is 0.616. The van der Waals surface area contributed by atoms with Crippen LogP contribution in [0, 0.1) is 0 Å². The van der Waals surface area contributed by atoms with Crippen LogP contribution < -0.4 is 10.2 Å². The van der Waals surface area contributed by atoms with Crippen LogP contribution in [0.4, 0.5) is 5.95 Å². The first-order valence-corrected chi connectivity index (χ1v) is 5.77. The molecule has 4 heteroatoms. The van der Waals surface area contributed by atoms with Gasteiger partial charge >= 0.3 is 0 Å². The number of imidazole rings is 1. The Bertz CT molecular complexity index is 301. The predicted molar refractivity (Wildman–Crippen MR) is 62.2 cm³/mol. The van der Waals surface area contributed by atoms with Crippen molar-refractivity contribution in [1.82, 2.24) is 14.9 Å². The minimum atomic E-state index is 0.600. The Hall–Kier alpha value is -1.03. The molecule has 0 bridgehead atoms. The molecule has 1 atom stereocenters. The van der Waals surface area contributed by atoms with E-state index in [0.29, 0.717) is 6.04 Å². The third-order valence-corrected chi connectivity index (χ3v) is 3.06. The Morgan fingerprint density at radius 2 is 2.53 bits per heavy atom. The molecule has 15 heavy (non-hydrogen) atoms. The summed E-state index contributed by atoms with van der Waals surface area (Å²) in [5.41, 5.74) is 0. The number of hydrogen-bond acceptors (Lipinski definition) is 3. The Labute approximate surface area is 91.3 Å². The van der Waals surface area contributed by atoms with Crippen molar-refractivity contribution in [2.45, 2.75) is 32.4 Å². The summed E-state index contributed by atoms with van der Waals surface area (Å²) < 4.78 is 2.23. The molecule has 1 aromatic heterocycles. The highest BCUT2D eigenvalue weighted by Crippen LogP contribution is 2.16. The third kappa shape index (κ3) is 2.15. The van der Waals surface area contributed by atoms with Gasteiger partial charge in [-0.2, -0.15) is 0 Å². The van der Waals surface area contributed by atoms with E-state index in [9.17, 15) is 0 Å². The molecule has 1 fully saturated rings. The fourth-order valence-corrected chi connectivity index (χ4v) is 2.16. The van der Waals surface area contributed by atoms with Crippen LogP contribution in [0.1, 0.15) is 19.8 Å². The van der Waals surface area contributed by atoms with E-state index in [0.717, 1.165) is 32.0 Å². The predicted octanol–water partition coefficient (Wildman–Crippen LogP) is 1.09. The van der Waals surface area contributed by atoms with Crippen LogP contribution >= 0.6 is 0 Å². The number of rotatable bonds is 4. The van der Waals surface area contributed by atoms with E-state index in [-0.39, 0.29) is 0 Å². The Kier molecular flexibility index (Phi) is 3.26. The van der Waals surface area contributed by atoms with Crippen molar-refractivity contribution >= 4 is 5.95 Å². The van der Waals surface area contributed by atoms with Gasteiger partial charge in [0.1, 0.15) is 0 Å². The van der Waals surface area contributed by atoms with E-state index in [1.807, 2.05) is 6.20 Å². The second-order valence-electron chi connectivity index (χ2n) is 4.18. The van der Waals surface area contributed by atoms with Gasteiger partial charge in [0.15, 0.2) is 0 Å². The lowest BCUT2D eigenvalue weighted by Gasteiger charge is -2.25. The Morgan fingerprint density at radius 3 is 3.20 bits per heavy atom. The SMILES string of the molecule is CCCn1ccnc1N(C)C1CCNC1. The molecule has 0 saturated carbocycles. The zero-order chi connectivity index (χ0) is 10.7. The number of likely N-dealkylation sites (N-methyl/N-ethyl adjacent to an activating group) is 1. The second-order valence-corrected chi connectivity index (χ2v) is 4.18. The standard InChI is InChI=1S/C11H20N4/c1-3-7-15-8-6-13-11(15)14(2)10-4-5-12-9-10/h6,8,10,12H,3-5,7,9H2,1-2H3. The molecule has 84 valence electrons. The Balaban J connectivity index is 2.09. The van der Waals surface area contributed by atoms with Crippen molar-refractivity contribution in [2.24, 2.45) is 0 Å². The van der Waals surface area contributed by atoms with Crippen molar-refractivity contribution in [2.75, 3.05) is 25.0 Å². The molecule has 0 amide bonds. The first-order valence-electron chi connectivity index (χ1n) is 5.77. The van der Waals surface area contributed by atoms with Crippen LogP contribution in [0.25, 0.3) is 0 Å². The summed E-state index contributed by atoms with van der Waals surface area (Å²) in [6.45, 7) is 5.46. The summed E-state index contributed by atoms with van der Waals surface area (Å²) in [5.74, 6) is 1.10. The Morgan fingerprint density at radius 1 is 1.67 bits per heavy atom. The minimum absolute atomic E-state index is 0.600. The van der Waals surface area contributed by atoms with Gasteiger partial charge in [0, 0.05) is 38.6 Å². The van der Waals surface area contributed by atoms with E-state index in [1.54, 1.807) is 0 Å². The van der Waals surface area contributed by atoms with Crippen LogP contribution in [-0.2, 0) is 6.54 Å². The van der Waals surface area contributed by atoms with Gasteiger partial charge in [0.25, 0.3) is 0 Å². The number of nitrogens with one attached hydrogen (secondary N) is 1. The van der Waals surface area contributed by atoms with E-state index >= 15 is 0 Å². The molecule has 1 aliphatic rings. The maximum atomic E-state index is 4.44. The largest absolute Gasteiger partial charge is 0.341 e. The fraction of sp³-hybridized carbons (Fsp3) is 0.727. The molecular formula is C11H20N4. The van der Waals surface area contributed by atoms with Crippen molar-refractivity contribution in [1.29, 1.82) is 0 Å². The molecule has 0 aromatic carbocycles. The number of hydrogen-bond donors (Lipinski definition) is 1. The number of anilines is 1. The monoisotopic (exact) mass is 208 g/mol. The highest BCUT2D eigenvalue weighted by molar-refractivity contribution is 5.32. The summed E-state index contributed by atoms with van der Waals surface area (Å²) >= 11 is 0. The highest BCUT2D eigenvalue weighted by atomic mass is 15.3. The zero-order valence-corrected chi connectivity index (χ0v) is 9.61. The maximum Gasteiger partial charge on any atom is 0.205 e. The van der Waals surface area contributed by atoms with Crippen LogP contribution in [0.5, 0.6) is 0 Å². The van der Waals surface area contributed by atoms with Gasteiger partial charge in [-0.15, -0.1) is 0 Å². The number of aryl methyl sites for hydroxylation is 1. The van der Waals surface area contributed by atoms with E-state index in [1.165, 1.54) is 6.42 Å². The van der Waals surface area contributed by atoms with Gasteiger partial charge < -0.3 is 14.8 Å². The van der Waals surface area contributed by atoms with Gasteiger partial charge in [-0.1, -0.05) is 6.92 Å². The molecule has 1 aliphatic heterocycles. The first-order chi connectivity index (χ1) is 7.33. The van der Waals surface area contributed by atoms with Crippen molar-refractivity contribution in [3.8, 4) is 0 Å². The molecule has 0 radical (unpaired) electrons. The van der Waals surface area contributed by atoms with Crippen LogP contribution in [0.3, 0.4) is 0 Å². The normalized spacial score (nSPS) is 20.8. The van der Waals surface area contributed by atoms with Crippen molar-refractivity contribution in [3.63, 3.8) is 0 Å². The smallest absolute Gasteiger partial charge is 0.205 e. The third-order valence-electron chi connectivity index (χ3n) is 3.06. The molecule has 0 aliphatic carbocycles. The minimum Gasteiger partial charge on any atom is -0.341 e.